The van der Waals surface area contributed by atoms with Crippen LogP contribution in [0.1, 0.15) is 22.8 Å². The molecule has 0 aliphatic carbocycles. The van der Waals surface area contributed by atoms with E-state index in [1.807, 2.05) is 37.3 Å². The van der Waals surface area contributed by atoms with E-state index in [1.165, 1.54) is 12.7 Å². The normalized spacial score (nSPS) is 11.7. The quantitative estimate of drug-likeness (QED) is 0.830. The van der Waals surface area contributed by atoms with Gasteiger partial charge in [-0.05, 0) is 31.0 Å². The highest BCUT2D eigenvalue weighted by Gasteiger charge is 2.17. The number of ether oxygens (including phenoxy) is 1. The maximum absolute atomic E-state index is 12.4. The average molecular weight is 284 g/mol. The van der Waals surface area contributed by atoms with Gasteiger partial charge in [0.25, 0.3) is 5.91 Å². The van der Waals surface area contributed by atoms with Crippen molar-refractivity contribution in [3.8, 4) is 5.75 Å². The lowest BCUT2D eigenvalue weighted by Gasteiger charge is -2.16. The molecule has 2 rings (SSSR count). The standard InChI is InChI=1S/C17H20N2O2/c1-12(11-13-7-4-3-5-8-13)19-17(20)16-14(18)9-6-10-15(16)21-2/h3-10,12H,11,18H2,1-2H3,(H,19,20). The minimum absolute atomic E-state index is 0.00390. The number of amides is 1. The molecule has 1 atom stereocenters. The smallest absolute Gasteiger partial charge is 0.257 e. The molecule has 110 valence electrons. The van der Waals surface area contributed by atoms with Crippen LogP contribution >= 0.6 is 0 Å². The predicted molar refractivity (Wildman–Crippen MR) is 84.5 cm³/mol. The van der Waals surface area contributed by atoms with E-state index in [-0.39, 0.29) is 11.9 Å². The summed E-state index contributed by atoms with van der Waals surface area (Å²) in [5.74, 6) is 0.271. The monoisotopic (exact) mass is 284 g/mol. The first-order valence-electron chi connectivity index (χ1n) is 6.89. The lowest BCUT2D eigenvalue weighted by atomic mass is 10.1. The van der Waals surface area contributed by atoms with E-state index < -0.39 is 0 Å². The molecule has 0 heterocycles. The van der Waals surface area contributed by atoms with Crippen molar-refractivity contribution in [3.63, 3.8) is 0 Å². The highest BCUT2D eigenvalue weighted by atomic mass is 16.5. The number of anilines is 1. The molecule has 21 heavy (non-hydrogen) atoms. The SMILES string of the molecule is COc1cccc(N)c1C(=O)NC(C)Cc1ccccc1. The first-order chi connectivity index (χ1) is 10.1. The molecule has 0 spiro atoms. The third-order valence-electron chi connectivity index (χ3n) is 3.27. The summed E-state index contributed by atoms with van der Waals surface area (Å²) in [6.07, 6.45) is 0.766. The van der Waals surface area contributed by atoms with Crippen LogP contribution in [-0.2, 0) is 6.42 Å². The predicted octanol–water partition coefficient (Wildman–Crippen LogP) is 2.64. The summed E-state index contributed by atoms with van der Waals surface area (Å²) in [7, 11) is 1.53. The second-order valence-electron chi connectivity index (χ2n) is 4.99. The van der Waals surface area contributed by atoms with Crippen molar-refractivity contribution >= 4 is 11.6 Å². The molecule has 0 aromatic heterocycles. The summed E-state index contributed by atoms with van der Waals surface area (Å²) in [6.45, 7) is 1.97. The number of benzene rings is 2. The third-order valence-corrected chi connectivity index (χ3v) is 3.27. The number of nitrogen functional groups attached to an aromatic ring is 1. The Morgan fingerprint density at radius 3 is 2.57 bits per heavy atom. The van der Waals surface area contributed by atoms with Crippen molar-refractivity contribution in [3.05, 3.63) is 59.7 Å². The minimum Gasteiger partial charge on any atom is -0.496 e. The molecular formula is C17H20N2O2. The van der Waals surface area contributed by atoms with Gasteiger partial charge in [0, 0.05) is 11.7 Å². The summed E-state index contributed by atoms with van der Waals surface area (Å²) in [5, 5.41) is 2.96. The lowest BCUT2D eigenvalue weighted by Crippen LogP contribution is -2.34. The van der Waals surface area contributed by atoms with E-state index in [9.17, 15) is 4.79 Å². The molecular weight excluding hydrogens is 264 g/mol. The summed E-state index contributed by atoms with van der Waals surface area (Å²) >= 11 is 0. The Bertz CT molecular complexity index is 611. The van der Waals surface area contributed by atoms with Crippen LogP contribution in [0.3, 0.4) is 0 Å². The molecule has 2 aromatic carbocycles. The van der Waals surface area contributed by atoms with Crippen LogP contribution in [0.25, 0.3) is 0 Å². The molecule has 0 aliphatic rings. The summed E-state index contributed by atoms with van der Waals surface area (Å²) in [6, 6.07) is 15.2. The molecule has 0 bridgehead atoms. The Hall–Kier alpha value is -2.49. The number of carbonyl (C=O) groups excluding carboxylic acids is 1. The van der Waals surface area contributed by atoms with E-state index in [0.717, 1.165) is 6.42 Å². The molecule has 1 unspecified atom stereocenters. The van der Waals surface area contributed by atoms with Gasteiger partial charge in [-0.25, -0.2) is 0 Å². The van der Waals surface area contributed by atoms with Crippen LogP contribution in [0.2, 0.25) is 0 Å². The third kappa shape index (κ3) is 3.75. The van der Waals surface area contributed by atoms with Crippen LogP contribution in [0.4, 0.5) is 5.69 Å². The second-order valence-corrected chi connectivity index (χ2v) is 4.99. The van der Waals surface area contributed by atoms with Gasteiger partial charge < -0.3 is 15.8 Å². The van der Waals surface area contributed by atoms with E-state index in [4.69, 9.17) is 10.5 Å². The van der Waals surface area contributed by atoms with E-state index in [0.29, 0.717) is 17.0 Å². The van der Waals surface area contributed by atoms with Gasteiger partial charge >= 0.3 is 0 Å². The van der Waals surface area contributed by atoms with Crippen molar-refractivity contribution in [2.24, 2.45) is 0 Å². The topological polar surface area (TPSA) is 64.3 Å². The molecule has 0 radical (unpaired) electrons. The highest BCUT2D eigenvalue weighted by Crippen LogP contribution is 2.24. The fourth-order valence-corrected chi connectivity index (χ4v) is 2.28. The lowest BCUT2D eigenvalue weighted by molar-refractivity contribution is 0.0938. The van der Waals surface area contributed by atoms with Crippen LogP contribution in [0.5, 0.6) is 5.75 Å². The van der Waals surface area contributed by atoms with Crippen LogP contribution in [-0.4, -0.2) is 19.1 Å². The Morgan fingerprint density at radius 1 is 1.19 bits per heavy atom. The van der Waals surface area contributed by atoms with E-state index in [1.54, 1.807) is 18.2 Å². The number of rotatable bonds is 5. The molecule has 4 heteroatoms. The average Bonchev–Trinajstić information content (AvgIpc) is 2.47. The zero-order valence-corrected chi connectivity index (χ0v) is 12.3. The van der Waals surface area contributed by atoms with Gasteiger partial charge in [-0.3, -0.25) is 4.79 Å². The molecule has 0 fully saturated rings. The molecule has 2 aromatic rings. The van der Waals surface area contributed by atoms with E-state index in [2.05, 4.69) is 5.32 Å². The molecule has 1 amide bonds. The van der Waals surface area contributed by atoms with Crippen LogP contribution < -0.4 is 15.8 Å². The molecule has 0 saturated heterocycles. The first kappa shape index (κ1) is 14.9. The van der Waals surface area contributed by atoms with Gasteiger partial charge in [0.1, 0.15) is 11.3 Å². The van der Waals surface area contributed by atoms with Crippen LogP contribution in [0, 0.1) is 0 Å². The maximum atomic E-state index is 12.4. The van der Waals surface area contributed by atoms with Gasteiger partial charge in [-0.1, -0.05) is 36.4 Å². The Kier molecular flexibility index (Phi) is 4.82. The Morgan fingerprint density at radius 2 is 1.90 bits per heavy atom. The van der Waals surface area contributed by atoms with Crippen molar-refractivity contribution in [2.45, 2.75) is 19.4 Å². The number of methoxy groups -OCH3 is 1. The van der Waals surface area contributed by atoms with Gasteiger partial charge in [-0.15, -0.1) is 0 Å². The van der Waals surface area contributed by atoms with Crippen molar-refractivity contribution in [1.82, 2.24) is 5.32 Å². The summed E-state index contributed by atoms with van der Waals surface area (Å²) < 4.78 is 5.21. The van der Waals surface area contributed by atoms with Gasteiger partial charge in [0.05, 0.1) is 7.11 Å². The highest BCUT2D eigenvalue weighted by molar-refractivity contribution is 6.02. The summed E-state index contributed by atoms with van der Waals surface area (Å²) in [5.41, 5.74) is 7.87. The minimum atomic E-state index is -0.214. The van der Waals surface area contributed by atoms with E-state index >= 15 is 0 Å². The number of hydrogen-bond donors (Lipinski definition) is 2. The van der Waals surface area contributed by atoms with Gasteiger partial charge in [-0.2, -0.15) is 0 Å². The fourth-order valence-electron chi connectivity index (χ4n) is 2.28. The molecule has 0 saturated carbocycles. The molecule has 4 nitrogen and oxygen atoms in total. The van der Waals surface area contributed by atoms with Gasteiger partial charge in [0.2, 0.25) is 0 Å². The second kappa shape index (κ2) is 6.79. The molecule has 3 N–H and O–H groups in total. The number of nitrogens with two attached hydrogens (primary N) is 1. The number of carbonyl (C=O) groups is 1. The van der Waals surface area contributed by atoms with Crippen LogP contribution in [0.15, 0.2) is 48.5 Å². The fraction of sp³-hybridized carbons (Fsp3) is 0.235. The Balaban J connectivity index is 2.08. The Labute approximate surface area is 124 Å². The first-order valence-corrected chi connectivity index (χ1v) is 6.89. The van der Waals surface area contributed by atoms with Gasteiger partial charge in [0.15, 0.2) is 0 Å². The van der Waals surface area contributed by atoms with Crippen molar-refractivity contribution in [2.75, 3.05) is 12.8 Å². The number of hydrogen-bond acceptors (Lipinski definition) is 3. The maximum Gasteiger partial charge on any atom is 0.257 e. The largest absolute Gasteiger partial charge is 0.496 e. The zero-order chi connectivity index (χ0) is 15.2. The zero-order valence-electron chi connectivity index (χ0n) is 12.3. The van der Waals surface area contributed by atoms with Crippen molar-refractivity contribution < 1.29 is 9.53 Å². The van der Waals surface area contributed by atoms with Crippen molar-refractivity contribution in [1.29, 1.82) is 0 Å². The summed E-state index contributed by atoms with van der Waals surface area (Å²) in [4.78, 5) is 12.4. The number of nitrogens with one attached hydrogen (secondary N) is 1. The molecule has 0 aliphatic heterocycles.